The van der Waals surface area contributed by atoms with Gasteiger partial charge in [-0.15, -0.1) is 0 Å². The molecule has 0 spiro atoms. The molecule has 2 aromatic heterocycles. The van der Waals surface area contributed by atoms with Crippen LogP contribution in [0.4, 0.5) is 5.69 Å². The Morgan fingerprint density at radius 2 is 1.03 bits per heavy atom. The van der Waals surface area contributed by atoms with E-state index in [1.54, 1.807) is 0 Å². The molecule has 0 amide bonds. The number of nitrogens with one attached hydrogen (secondary N) is 1. The second kappa shape index (κ2) is 18.9. The molecule has 0 aliphatic heterocycles. The van der Waals surface area contributed by atoms with Crippen LogP contribution in [0, 0.1) is 0 Å². The summed E-state index contributed by atoms with van der Waals surface area (Å²) in [5.41, 5.74) is 25.2. The molecule has 8 aromatic carbocycles. The van der Waals surface area contributed by atoms with Crippen molar-refractivity contribution in [3.8, 4) is 11.4 Å². The van der Waals surface area contributed by atoms with E-state index in [1.165, 1.54) is 77.3 Å². The Kier molecular flexibility index (Phi) is 12.3. The number of nitrogen functional groups attached to an aromatic ring is 1. The maximum Gasteiger partial charge on any atom is 0.0541 e. The van der Waals surface area contributed by atoms with Gasteiger partial charge in [-0.2, -0.15) is 0 Å². The summed E-state index contributed by atoms with van der Waals surface area (Å²) in [7, 11) is 2.05. The Morgan fingerprint density at radius 1 is 0.508 bits per heavy atom. The first-order valence-electron chi connectivity index (χ1n) is 23.1. The zero-order chi connectivity index (χ0) is 44.9. The van der Waals surface area contributed by atoms with Crippen molar-refractivity contribution in [1.29, 1.82) is 0 Å². The molecule has 3 N–H and O–H groups in total. The number of nitrogens with two attached hydrogens (primary N) is 1. The molecular formula is C61H56N4. The van der Waals surface area contributed by atoms with Crippen LogP contribution in [0.1, 0.15) is 68.4 Å². The van der Waals surface area contributed by atoms with Crippen molar-refractivity contribution in [1.82, 2.24) is 14.5 Å². The Morgan fingerprint density at radius 3 is 1.66 bits per heavy atom. The Bertz CT molecular complexity index is 3400. The quantitative estimate of drug-likeness (QED) is 0.118. The number of fused-ring (bicyclic) bond motifs is 6. The van der Waals surface area contributed by atoms with Gasteiger partial charge in [0, 0.05) is 62.5 Å². The predicted octanol–water partition coefficient (Wildman–Crippen LogP) is 15.9. The lowest BCUT2D eigenvalue weighted by Crippen LogP contribution is -2.12. The van der Waals surface area contributed by atoms with Crippen molar-refractivity contribution in [2.24, 2.45) is 0 Å². The maximum atomic E-state index is 6.84. The Balaban J connectivity index is 0.00000130. The fourth-order valence-corrected chi connectivity index (χ4v) is 9.56. The number of rotatable bonds is 8. The van der Waals surface area contributed by atoms with Gasteiger partial charge in [0.1, 0.15) is 0 Å². The average molecular weight is 845 g/mol. The molecule has 320 valence electrons. The molecule has 4 heteroatoms. The van der Waals surface area contributed by atoms with Gasteiger partial charge < -0.3 is 20.2 Å². The van der Waals surface area contributed by atoms with E-state index in [4.69, 9.17) is 5.73 Å². The molecule has 0 bridgehead atoms. The highest BCUT2D eigenvalue weighted by Crippen LogP contribution is 2.41. The van der Waals surface area contributed by atoms with E-state index in [2.05, 4.69) is 209 Å². The average Bonchev–Trinajstić information content (AvgIpc) is 3.90. The van der Waals surface area contributed by atoms with Crippen LogP contribution in [0.3, 0.4) is 0 Å². The van der Waals surface area contributed by atoms with E-state index < -0.39 is 0 Å². The molecule has 0 unspecified atom stereocenters. The smallest absolute Gasteiger partial charge is 0.0541 e. The van der Waals surface area contributed by atoms with E-state index >= 15 is 0 Å². The van der Waals surface area contributed by atoms with Crippen molar-refractivity contribution < 1.29 is 0 Å². The summed E-state index contributed by atoms with van der Waals surface area (Å²) in [5, 5.41) is 8.54. The number of para-hydroxylation sites is 5. The van der Waals surface area contributed by atoms with Crippen LogP contribution in [0.5, 0.6) is 0 Å². The zero-order valence-electron chi connectivity index (χ0n) is 38.0. The third-order valence-electron chi connectivity index (χ3n) is 12.4. The van der Waals surface area contributed by atoms with E-state index in [9.17, 15) is 0 Å². The second-order valence-corrected chi connectivity index (χ2v) is 15.9. The summed E-state index contributed by atoms with van der Waals surface area (Å²) in [6.45, 7) is 8.00. The zero-order valence-corrected chi connectivity index (χ0v) is 38.0. The summed E-state index contributed by atoms with van der Waals surface area (Å²) < 4.78 is 4.74. The number of benzene rings is 8. The number of anilines is 1. The van der Waals surface area contributed by atoms with E-state index in [0.29, 0.717) is 0 Å². The van der Waals surface area contributed by atoms with Gasteiger partial charge in [-0.05, 0) is 125 Å². The first-order valence-corrected chi connectivity index (χ1v) is 23.1. The Labute approximate surface area is 383 Å². The van der Waals surface area contributed by atoms with Gasteiger partial charge in [-0.25, -0.2) is 0 Å². The molecule has 0 fully saturated rings. The molecule has 10 aromatic rings. The molecule has 4 nitrogen and oxygen atoms in total. The summed E-state index contributed by atoms with van der Waals surface area (Å²) >= 11 is 0. The third kappa shape index (κ3) is 7.82. The molecule has 1 aliphatic rings. The minimum Gasteiger partial charge on any atom is -0.398 e. The predicted molar refractivity (Wildman–Crippen MR) is 282 cm³/mol. The van der Waals surface area contributed by atoms with Crippen molar-refractivity contribution >= 4 is 72.1 Å². The largest absolute Gasteiger partial charge is 0.398 e. The summed E-state index contributed by atoms with van der Waals surface area (Å²) in [6, 6.07) is 69.6. The SMILES string of the molecule is CC.CC.CNC1=C(c2ccccc2/C=C(/c2ccc3c(c2)c2ccccc2n3-c2ccccc2)c2ccccc2N)C=C(c2ccc3c(c2)c2ccccc2n3-c2ccccc2)CC1. The van der Waals surface area contributed by atoms with Crippen molar-refractivity contribution in [3.05, 3.63) is 234 Å². The third-order valence-corrected chi connectivity index (χ3v) is 12.4. The normalized spacial score (nSPS) is 12.8. The monoisotopic (exact) mass is 844 g/mol. The molecule has 0 atom stereocenters. The van der Waals surface area contributed by atoms with Crippen LogP contribution >= 0.6 is 0 Å². The van der Waals surface area contributed by atoms with Gasteiger partial charge in [0.15, 0.2) is 0 Å². The van der Waals surface area contributed by atoms with Gasteiger partial charge in [-0.3, -0.25) is 0 Å². The first kappa shape index (κ1) is 42.5. The highest BCUT2D eigenvalue weighted by Gasteiger charge is 2.21. The highest BCUT2D eigenvalue weighted by atomic mass is 15.0. The van der Waals surface area contributed by atoms with Crippen LogP contribution in [0.15, 0.2) is 206 Å². The van der Waals surface area contributed by atoms with Gasteiger partial charge >= 0.3 is 0 Å². The number of hydrogen-bond acceptors (Lipinski definition) is 2. The molecule has 0 saturated heterocycles. The van der Waals surface area contributed by atoms with Crippen LogP contribution < -0.4 is 11.1 Å². The van der Waals surface area contributed by atoms with Gasteiger partial charge in [-0.1, -0.05) is 155 Å². The van der Waals surface area contributed by atoms with E-state index in [-0.39, 0.29) is 0 Å². The molecule has 1 aliphatic carbocycles. The van der Waals surface area contributed by atoms with Gasteiger partial charge in [0.05, 0.1) is 22.1 Å². The fourth-order valence-electron chi connectivity index (χ4n) is 9.56. The van der Waals surface area contributed by atoms with Crippen molar-refractivity contribution in [2.75, 3.05) is 12.8 Å². The minimum absolute atomic E-state index is 0.747. The first-order chi connectivity index (χ1) is 32.1. The van der Waals surface area contributed by atoms with Crippen LogP contribution in [0.2, 0.25) is 0 Å². The number of allylic oxidation sites excluding steroid dienone is 4. The van der Waals surface area contributed by atoms with Gasteiger partial charge in [0.25, 0.3) is 0 Å². The summed E-state index contributed by atoms with van der Waals surface area (Å²) in [6.07, 6.45) is 6.62. The topological polar surface area (TPSA) is 47.9 Å². The molecule has 0 radical (unpaired) electrons. The molecule has 65 heavy (non-hydrogen) atoms. The highest BCUT2D eigenvalue weighted by molar-refractivity contribution is 6.12. The minimum atomic E-state index is 0.747. The number of nitrogens with zero attached hydrogens (tertiary/aromatic N) is 2. The van der Waals surface area contributed by atoms with Crippen molar-refractivity contribution in [2.45, 2.75) is 40.5 Å². The van der Waals surface area contributed by atoms with Crippen LogP contribution in [-0.4, -0.2) is 16.2 Å². The molecule has 2 heterocycles. The molecular weight excluding hydrogens is 789 g/mol. The van der Waals surface area contributed by atoms with E-state index in [1.807, 2.05) is 46.9 Å². The number of hydrogen-bond donors (Lipinski definition) is 2. The fraction of sp³-hybridized carbons (Fsp3) is 0.115. The van der Waals surface area contributed by atoms with Crippen LogP contribution in [0.25, 0.3) is 77.8 Å². The molecule has 11 rings (SSSR count). The Hall–Kier alpha value is -7.82. The summed E-state index contributed by atoms with van der Waals surface area (Å²) in [5.74, 6) is 0. The lowest BCUT2D eigenvalue weighted by atomic mass is 9.85. The van der Waals surface area contributed by atoms with E-state index in [0.717, 1.165) is 46.5 Å². The summed E-state index contributed by atoms with van der Waals surface area (Å²) in [4.78, 5) is 0. The standard InChI is InChI=1S/C57H44N4.2C2H6/c1-59-53-31-28-38(39-29-32-56-50(35-39)46-23-11-14-26-54(46)60(56)42-17-4-2-5-18-42)34-49(53)44-21-9-8-16-40(44)36-48(45-22-10-13-25-52(45)58)41-30-33-57-51(37-41)47-24-12-15-27-55(47)61(57)43-19-6-3-7-20-43;2*1-2/h2-27,29-30,32-37,59H,28,31,58H2,1H3;2*1-2H3/b48-36-;;. The second-order valence-electron chi connectivity index (χ2n) is 15.9. The number of aromatic nitrogens is 2. The van der Waals surface area contributed by atoms with Gasteiger partial charge in [0.2, 0.25) is 0 Å². The van der Waals surface area contributed by atoms with Crippen molar-refractivity contribution in [3.63, 3.8) is 0 Å². The lowest BCUT2D eigenvalue weighted by molar-refractivity contribution is 0.856. The lowest BCUT2D eigenvalue weighted by Gasteiger charge is -2.22. The van der Waals surface area contributed by atoms with Crippen LogP contribution in [-0.2, 0) is 0 Å². The maximum absolute atomic E-state index is 6.84. The molecule has 0 saturated carbocycles.